The molecule has 0 radical (unpaired) electrons. The first-order chi connectivity index (χ1) is 6.65. The molecule has 1 aromatic rings. The first-order valence-electron chi connectivity index (χ1n) is 4.54. The summed E-state index contributed by atoms with van der Waals surface area (Å²) in [5.74, 6) is 0.217. The van der Waals surface area contributed by atoms with Gasteiger partial charge in [0.05, 0.1) is 0 Å². The van der Waals surface area contributed by atoms with Crippen molar-refractivity contribution in [2.75, 3.05) is 0 Å². The van der Waals surface area contributed by atoms with E-state index in [-0.39, 0.29) is 11.8 Å². The van der Waals surface area contributed by atoms with Crippen LogP contribution in [-0.4, -0.2) is 11.6 Å². The summed E-state index contributed by atoms with van der Waals surface area (Å²) in [6, 6.07) is 3.48. The molecule has 2 nitrogen and oxygen atoms in total. The molecule has 0 bridgehead atoms. The van der Waals surface area contributed by atoms with Crippen molar-refractivity contribution in [1.82, 2.24) is 4.98 Å². The maximum atomic E-state index is 12.0. The van der Waals surface area contributed by atoms with Gasteiger partial charge in [-0.25, -0.2) is 4.98 Å². The van der Waals surface area contributed by atoms with Gasteiger partial charge in [0, 0.05) is 11.8 Å². The Morgan fingerprint density at radius 2 is 2.21 bits per heavy atom. The van der Waals surface area contributed by atoms with Crippen LogP contribution in [0.2, 0.25) is 0 Å². The molecule has 1 unspecified atom stereocenters. The van der Waals surface area contributed by atoms with Crippen molar-refractivity contribution in [3.8, 4) is 5.88 Å². The fourth-order valence-corrected chi connectivity index (χ4v) is 1.18. The lowest BCUT2D eigenvalue weighted by atomic mass is 10.0. The van der Waals surface area contributed by atoms with E-state index in [1.807, 2.05) is 13.8 Å². The number of hydrogen-bond acceptors (Lipinski definition) is 2. The van der Waals surface area contributed by atoms with Gasteiger partial charge in [0.25, 0.3) is 0 Å². The molecule has 1 rings (SSSR count). The summed E-state index contributed by atoms with van der Waals surface area (Å²) >= 11 is 0. The van der Waals surface area contributed by atoms with Gasteiger partial charge in [-0.2, -0.15) is 8.78 Å². The summed E-state index contributed by atoms with van der Waals surface area (Å²) in [5.41, 5.74) is 0.732. The smallest absolute Gasteiger partial charge is 0.388 e. The van der Waals surface area contributed by atoms with Crippen molar-refractivity contribution in [3.05, 3.63) is 23.9 Å². The molecule has 4 heteroatoms. The van der Waals surface area contributed by atoms with Crippen molar-refractivity contribution in [2.24, 2.45) is 0 Å². The first-order valence-corrected chi connectivity index (χ1v) is 4.54. The van der Waals surface area contributed by atoms with Gasteiger partial charge in [-0.1, -0.05) is 19.9 Å². The Morgan fingerprint density at radius 1 is 1.50 bits per heavy atom. The second-order valence-electron chi connectivity index (χ2n) is 3.09. The number of hydrogen-bond donors (Lipinski definition) is 0. The lowest BCUT2D eigenvalue weighted by Gasteiger charge is -2.13. The molecule has 0 saturated carbocycles. The van der Waals surface area contributed by atoms with E-state index in [9.17, 15) is 8.78 Å². The van der Waals surface area contributed by atoms with Crippen LogP contribution in [0.5, 0.6) is 5.88 Å². The van der Waals surface area contributed by atoms with Crippen LogP contribution < -0.4 is 4.74 Å². The first kappa shape index (κ1) is 10.9. The lowest BCUT2D eigenvalue weighted by molar-refractivity contribution is -0.0536. The Morgan fingerprint density at radius 3 is 2.79 bits per heavy atom. The van der Waals surface area contributed by atoms with E-state index in [2.05, 4.69) is 9.72 Å². The van der Waals surface area contributed by atoms with E-state index in [4.69, 9.17) is 0 Å². The zero-order valence-corrected chi connectivity index (χ0v) is 8.21. The van der Waals surface area contributed by atoms with E-state index < -0.39 is 6.61 Å². The fraction of sp³-hybridized carbons (Fsp3) is 0.500. The van der Waals surface area contributed by atoms with Gasteiger partial charge in [-0.15, -0.1) is 0 Å². The van der Waals surface area contributed by atoms with Crippen molar-refractivity contribution >= 4 is 0 Å². The van der Waals surface area contributed by atoms with Crippen molar-refractivity contribution in [1.29, 1.82) is 0 Å². The molecule has 0 N–H and O–H groups in total. The molecule has 0 aromatic carbocycles. The van der Waals surface area contributed by atoms with E-state index >= 15 is 0 Å². The highest BCUT2D eigenvalue weighted by Crippen LogP contribution is 2.27. The van der Waals surface area contributed by atoms with Crippen LogP contribution in [0.4, 0.5) is 8.78 Å². The SMILES string of the molecule is CCC(C)c1cccnc1OC(F)F. The minimum Gasteiger partial charge on any atom is -0.417 e. The number of aromatic nitrogens is 1. The summed E-state index contributed by atoms with van der Waals surface area (Å²) in [4.78, 5) is 3.79. The molecular formula is C10H13F2NO. The quantitative estimate of drug-likeness (QED) is 0.746. The lowest BCUT2D eigenvalue weighted by Crippen LogP contribution is -2.07. The van der Waals surface area contributed by atoms with Gasteiger partial charge < -0.3 is 4.74 Å². The van der Waals surface area contributed by atoms with Gasteiger partial charge in [0.15, 0.2) is 0 Å². The van der Waals surface area contributed by atoms with Gasteiger partial charge in [0.2, 0.25) is 5.88 Å². The number of alkyl halides is 2. The maximum absolute atomic E-state index is 12.0. The molecule has 0 aliphatic heterocycles. The highest BCUT2D eigenvalue weighted by Gasteiger charge is 2.14. The molecule has 0 aliphatic carbocycles. The van der Waals surface area contributed by atoms with E-state index in [0.29, 0.717) is 0 Å². The minimum atomic E-state index is -2.81. The normalized spacial score (nSPS) is 12.9. The predicted molar refractivity (Wildman–Crippen MR) is 49.6 cm³/mol. The minimum absolute atomic E-state index is 0.0388. The topological polar surface area (TPSA) is 22.1 Å². The van der Waals surface area contributed by atoms with Gasteiger partial charge >= 0.3 is 6.61 Å². The molecule has 0 fully saturated rings. The highest BCUT2D eigenvalue weighted by molar-refractivity contribution is 5.28. The molecular weight excluding hydrogens is 188 g/mol. The molecule has 78 valence electrons. The number of nitrogens with zero attached hydrogens (tertiary/aromatic N) is 1. The summed E-state index contributed by atoms with van der Waals surface area (Å²) in [6.45, 7) is 1.13. The van der Waals surface area contributed by atoms with Crippen LogP contribution in [0.15, 0.2) is 18.3 Å². The molecule has 0 spiro atoms. The standard InChI is InChI=1S/C10H13F2NO/c1-3-7(2)8-5-4-6-13-9(8)14-10(11)12/h4-7,10H,3H2,1-2H3. The Kier molecular flexibility index (Phi) is 3.80. The predicted octanol–water partition coefficient (Wildman–Crippen LogP) is 3.20. The van der Waals surface area contributed by atoms with Crippen LogP contribution >= 0.6 is 0 Å². The third kappa shape index (κ3) is 2.65. The van der Waals surface area contributed by atoms with E-state index in [1.165, 1.54) is 6.20 Å². The van der Waals surface area contributed by atoms with Crippen molar-refractivity contribution in [3.63, 3.8) is 0 Å². The molecule has 0 aliphatic rings. The van der Waals surface area contributed by atoms with Crippen molar-refractivity contribution < 1.29 is 13.5 Å². The third-order valence-corrected chi connectivity index (χ3v) is 2.14. The van der Waals surface area contributed by atoms with Crippen molar-refractivity contribution in [2.45, 2.75) is 32.8 Å². The molecule has 1 aromatic heterocycles. The largest absolute Gasteiger partial charge is 0.417 e. The Hall–Kier alpha value is -1.19. The number of halogens is 2. The number of rotatable bonds is 4. The van der Waals surface area contributed by atoms with Crippen LogP contribution in [0.25, 0.3) is 0 Å². The van der Waals surface area contributed by atoms with Gasteiger partial charge in [-0.3, -0.25) is 0 Å². The highest BCUT2D eigenvalue weighted by atomic mass is 19.3. The second-order valence-corrected chi connectivity index (χ2v) is 3.09. The molecule has 1 heterocycles. The second kappa shape index (κ2) is 4.88. The molecule has 0 saturated heterocycles. The zero-order chi connectivity index (χ0) is 10.6. The summed E-state index contributed by atoms with van der Waals surface area (Å²) in [5, 5.41) is 0. The van der Waals surface area contributed by atoms with Crippen LogP contribution in [0.3, 0.4) is 0 Å². The monoisotopic (exact) mass is 201 g/mol. The average molecular weight is 201 g/mol. The third-order valence-electron chi connectivity index (χ3n) is 2.14. The summed E-state index contributed by atoms with van der Waals surface area (Å²) in [6.07, 6.45) is 2.31. The number of pyridine rings is 1. The van der Waals surface area contributed by atoms with Gasteiger partial charge in [-0.05, 0) is 18.4 Å². The Bertz CT molecular complexity index is 291. The number of ether oxygens (including phenoxy) is 1. The van der Waals surface area contributed by atoms with E-state index in [0.717, 1.165) is 12.0 Å². The molecule has 14 heavy (non-hydrogen) atoms. The Labute approximate surface area is 81.9 Å². The zero-order valence-electron chi connectivity index (χ0n) is 8.21. The Balaban J connectivity index is 2.91. The molecule has 0 amide bonds. The maximum Gasteiger partial charge on any atom is 0.388 e. The average Bonchev–Trinajstić information content (AvgIpc) is 2.16. The van der Waals surface area contributed by atoms with Crippen LogP contribution in [-0.2, 0) is 0 Å². The fourth-order valence-electron chi connectivity index (χ4n) is 1.18. The van der Waals surface area contributed by atoms with Crippen LogP contribution in [0, 0.1) is 0 Å². The summed E-state index contributed by atoms with van der Waals surface area (Å²) in [7, 11) is 0. The molecule has 1 atom stereocenters. The van der Waals surface area contributed by atoms with Gasteiger partial charge in [0.1, 0.15) is 0 Å². The summed E-state index contributed by atoms with van der Waals surface area (Å²) < 4.78 is 28.3. The van der Waals surface area contributed by atoms with E-state index in [1.54, 1.807) is 12.1 Å². The van der Waals surface area contributed by atoms with Crippen LogP contribution in [0.1, 0.15) is 31.7 Å².